The monoisotopic (exact) mass is 152 g/mol. The summed E-state index contributed by atoms with van der Waals surface area (Å²) in [5.41, 5.74) is 0. The molecular weight excluding hydrogens is 151 g/mol. The fourth-order valence-corrected chi connectivity index (χ4v) is 0. The van der Waals surface area contributed by atoms with E-state index in [1.54, 1.807) is 0 Å². The van der Waals surface area contributed by atoms with Gasteiger partial charge in [-0.15, -0.1) is 0 Å². The summed E-state index contributed by atoms with van der Waals surface area (Å²) in [5.74, 6) is 0. The van der Waals surface area contributed by atoms with Crippen molar-refractivity contribution >= 4 is 52.0 Å². The second-order valence-corrected chi connectivity index (χ2v) is 0. The first-order valence-corrected chi connectivity index (χ1v) is 8.30. The zero-order valence-corrected chi connectivity index (χ0v) is 6.98. The van der Waals surface area contributed by atoms with Gasteiger partial charge in [-0.25, -0.2) is 0 Å². The van der Waals surface area contributed by atoms with Crippen molar-refractivity contribution in [3.8, 4) is 0 Å². The van der Waals surface area contributed by atoms with Crippen LogP contribution in [0.25, 0.3) is 0 Å². The summed E-state index contributed by atoms with van der Waals surface area (Å²) in [6.45, 7) is 3.12. The van der Waals surface area contributed by atoms with Crippen LogP contribution in [0.2, 0.25) is 0 Å². The van der Waals surface area contributed by atoms with E-state index >= 15 is 0 Å². The maximum absolute atomic E-state index is 6.00. The van der Waals surface area contributed by atoms with E-state index in [4.69, 9.17) is 10.5 Å². The van der Waals surface area contributed by atoms with E-state index in [0.29, 0.717) is 0 Å². The molecule has 0 radical (unpaired) electrons. The molecule has 0 spiro atoms. The Hall–Kier alpha value is 2.04. The van der Waals surface area contributed by atoms with E-state index in [-0.39, 0.29) is 0 Å². The van der Waals surface area contributed by atoms with E-state index in [2.05, 4.69) is 6.60 Å². The Morgan fingerprint density at radius 2 is 1.25 bits per heavy atom. The molecule has 4 heavy (non-hydrogen) atoms. The third-order valence-electron chi connectivity index (χ3n) is 0. The van der Waals surface area contributed by atoms with Gasteiger partial charge in [-0.2, -0.15) is 0 Å². The van der Waals surface area contributed by atoms with Gasteiger partial charge in [0, 0.05) is 0 Å². The van der Waals surface area contributed by atoms with E-state index in [0.717, 1.165) is 45.4 Å². The number of hydrogen-bond donors (Lipinski definition) is 2. The van der Waals surface area contributed by atoms with Crippen LogP contribution in [0.5, 0.6) is 0 Å². The average Bonchev–Trinajstić information content (AvgIpc) is 1.50. The third kappa shape index (κ3) is 8.97. The van der Waals surface area contributed by atoms with Crippen molar-refractivity contribution in [2.75, 3.05) is 0 Å². The summed E-state index contributed by atoms with van der Waals surface area (Å²) >= 11 is 0.875. The van der Waals surface area contributed by atoms with Crippen LogP contribution in [0.3, 0.4) is 0 Å². The van der Waals surface area contributed by atoms with Crippen LogP contribution < -0.4 is 0 Å². The van der Waals surface area contributed by atoms with Crippen LogP contribution in [0, 0.1) is 0 Å². The van der Waals surface area contributed by atoms with Crippen molar-refractivity contribution in [3.05, 3.63) is 0 Å². The number of hydrogen-bond acceptors (Lipinski definition) is 2. The predicted octanol–water partition coefficient (Wildman–Crippen LogP) is 0.482. The van der Waals surface area contributed by atoms with E-state index in [9.17, 15) is 0 Å². The van der Waals surface area contributed by atoms with Crippen LogP contribution >= 0.6 is 6.60 Å². The van der Waals surface area contributed by atoms with Crippen molar-refractivity contribution in [3.63, 3.8) is 0 Å². The molecule has 0 aliphatic carbocycles. The molecule has 0 unspecified atom stereocenters. The molecule has 2 N–H and O–H groups in total. The molecular formula is H2BrKO2. The summed E-state index contributed by atoms with van der Waals surface area (Å²) in [5, 5.41) is 12.0. The number of halogens is 1. The summed E-state index contributed by atoms with van der Waals surface area (Å²) in [4.78, 5) is 0. The second-order valence-electron chi connectivity index (χ2n) is 0. The first-order valence-electron chi connectivity index (χ1n) is 0.578. The molecule has 0 fully saturated rings. The Bertz CT molecular complexity index is 6.00. The van der Waals surface area contributed by atoms with Gasteiger partial charge in [0.25, 0.3) is 0 Å². The third-order valence-corrected chi connectivity index (χ3v) is 0. The Morgan fingerprint density at radius 3 is 1.25 bits per heavy atom. The van der Waals surface area contributed by atoms with Crippen LogP contribution in [-0.4, -0.2) is 55.9 Å². The maximum atomic E-state index is 6.00. The Labute approximate surface area is 61.0 Å². The summed E-state index contributed by atoms with van der Waals surface area (Å²) in [6.07, 6.45) is 0. The standard InChI is InChI=1S/BrH.K.H2O2/c;;1-2/h1H;;1-2H/q;+1;/p-1. The van der Waals surface area contributed by atoms with Gasteiger partial charge in [-0.3, -0.25) is 10.5 Å². The second kappa shape index (κ2) is 19.8. The molecule has 0 aliphatic rings. The minimum absolute atomic E-state index is 0.875. The zero-order chi connectivity index (χ0) is 4.00. The van der Waals surface area contributed by atoms with E-state index in [1.807, 2.05) is 0 Å². The molecule has 0 amide bonds. The Morgan fingerprint density at radius 1 is 1.25 bits per heavy atom. The van der Waals surface area contributed by atoms with Crippen molar-refractivity contribution < 1.29 is 10.5 Å². The Balaban J connectivity index is 0. The van der Waals surface area contributed by atoms with Crippen LogP contribution in [0.15, 0.2) is 0 Å². The van der Waals surface area contributed by atoms with Gasteiger partial charge in [0.15, 0.2) is 0 Å². The summed E-state index contributed by atoms with van der Waals surface area (Å²) in [7, 11) is 0. The van der Waals surface area contributed by atoms with Gasteiger partial charge in [-0.05, 0) is 0 Å². The normalized spacial score (nSPS) is 3.25. The van der Waals surface area contributed by atoms with Crippen molar-refractivity contribution in [2.24, 2.45) is 0 Å². The van der Waals surface area contributed by atoms with Crippen LogP contribution in [0.4, 0.5) is 0 Å². The SMILES string of the molecule is OO.[K][Br]. The quantitative estimate of drug-likeness (QED) is 0.302. The minimum atomic E-state index is 0.875. The fraction of sp³-hybridized carbons (Fsp3) is 0. The van der Waals surface area contributed by atoms with Gasteiger partial charge in [0.2, 0.25) is 0 Å². The van der Waals surface area contributed by atoms with Crippen LogP contribution in [-0.2, 0) is 0 Å². The molecule has 0 heterocycles. The molecule has 2 nitrogen and oxygen atoms in total. The molecule has 0 aromatic rings. The molecule has 22 valence electrons. The molecule has 0 saturated heterocycles. The van der Waals surface area contributed by atoms with E-state index in [1.165, 1.54) is 0 Å². The molecule has 0 aliphatic heterocycles. The topological polar surface area (TPSA) is 40.5 Å². The van der Waals surface area contributed by atoms with Crippen molar-refractivity contribution in [2.45, 2.75) is 0 Å². The summed E-state index contributed by atoms with van der Waals surface area (Å²) in [6, 6.07) is 0. The molecule has 0 atom stereocenters. The predicted molar refractivity (Wildman–Crippen MR) is 19.9 cm³/mol. The first-order chi connectivity index (χ1) is 2.00. The van der Waals surface area contributed by atoms with Crippen LogP contribution in [0.1, 0.15) is 0 Å². The average molecular weight is 153 g/mol. The molecule has 0 aromatic heterocycles. The molecule has 0 bridgehead atoms. The molecule has 0 saturated carbocycles. The van der Waals surface area contributed by atoms with Gasteiger partial charge in [0.1, 0.15) is 0 Å². The fourth-order valence-electron chi connectivity index (χ4n) is 0. The van der Waals surface area contributed by atoms with Gasteiger partial charge >= 0.3 is 52.0 Å². The Kier molecular flexibility index (Phi) is 46.5. The molecule has 0 rings (SSSR count). The van der Waals surface area contributed by atoms with Gasteiger partial charge in [-0.1, -0.05) is 0 Å². The van der Waals surface area contributed by atoms with E-state index < -0.39 is 0 Å². The summed E-state index contributed by atoms with van der Waals surface area (Å²) < 4.78 is 0. The first kappa shape index (κ1) is 9.40. The molecule has 0 aromatic carbocycles. The molecule has 4 heteroatoms. The van der Waals surface area contributed by atoms with Crippen molar-refractivity contribution in [1.82, 2.24) is 0 Å². The van der Waals surface area contributed by atoms with Gasteiger partial charge in [0.05, 0.1) is 0 Å². The zero-order valence-electron chi connectivity index (χ0n) is 2.27. The van der Waals surface area contributed by atoms with Gasteiger partial charge < -0.3 is 0 Å². The van der Waals surface area contributed by atoms with Crippen molar-refractivity contribution in [1.29, 1.82) is 0 Å². The number of rotatable bonds is 0.